The van der Waals surface area contributed by atoms with Crippen molar-refractivity contribution in [3.63, 3.8) is 0 Å². The highest BCUT2D eigenvalue weighted by Gasteiger charge is 2.32. The normalized spacial score (nSPS) is 15.4. The van der Waals surface area contributed by atoms with E-state index in [1.54, 1.807) is 0 Å². The number of aliphatic hydroxyl groups is 1. The molecule has 3 aromatic rings. The van der Waals surface area contributed by atoms with Crippen molar-refractivity contribution in [2.45, 2.75) is 25.0 Å². The molecule has 1 heterocycles. The van der Waals surface area contributed by atoms with E-state index >= 15 is 0 Å². The van der Waals surface area contributed by atoms with Gasteiger partial charge in [-0.1, -0.05) is 6.07 Å². The van der Waals surface area contributed by atoms with Gasteiger partial charge in [0, 0.05) is 16.8 Å². The van der Waals surface area contributed by atoms with Gasteiger partial charge < -0.3 is 15.2 Å². The van der Waals surface area contributed by atoms with Crippen LogP contribution in [0.2, 0.25) is 0 Å². The zero-order valence-electron chi connectivity index (χ0n) is 17.3. The number of aliphatic hydroxyl groups excluding tert-OH is 1. The number of hydrogen-bond acceptors (Lipinski definition) is 5. The Labute approximate surface area is 184 Å². The minimum atomic E-state index is -4.14. The fourth-order valence-corrected chi connectivity index (χ4v) is 4.89. The number of hydrogen-bond donors (Lipinski definition) is 2. The van der Waals surface area contributed by atoms with Crippen LogP contribution in [0.3, 0.4) is 0 Å². The first-order valence-electron chi connectivity index (χ1n) is 9.74. The Hall–Kier alpha value is -3.49. The second kappa shape index (κ2) is 8.22. The van der Waals surface area contributed by atoms with Crippen LogP contribution < -0.4 is 10.1 Å². The summed E-state index contributed by atoms with van der Waals surface area (Å²) in [5.41, 5.74) is 3.27. The molecule has 0 radical (unpaired) electrons. The van der Waals surface area contributed by atoms with Crippen LogP contribution >= 0.6 is 0 Å². The van der Waals surface area contributed by atoms with Gasteiger partial charge in [-0.25, -0.2) is 12.8 Å². The van der Waals surface area contributed by atoms with Gasteiger partial charge in [0.15, 0.2) is 0 Å². The zero-order valence-corrected chi connectivity index (χ0v) is 18.1. The number of amides is 1. The number of halogens is 1. The molecule has 0 saturated heterocycles. The van der Waals surface area contributed by atoms with E-state index in [0.717, 1.165) is 35.4 Å². The maximum atomic E-state index is 13.2. The number of carbonyl (C=O) groups is 1. The number of benzene rings is 3. The third-order valence-electron chi connectivity index (χ3n) is 4.97. The highest BCUT2D eigenvalue weighted by Crippen LogP contribution is 2.34. The van der Waals surface area contributed by atoms with Crippen LogP contribution in [0.5, 0.6) is 5.75 Å². The molecule has 0 aliphatic carbocycles. The van der Waals surface area contributed by atoms with Gasteiger partial charge in [-0.05, 0) is 85.6 Å². The van der Waals surface area contributed by atoms with Crippen LogP contribution in [0.1, 0.15) is 27.0 Å². The van der Waals surface area contributed by atoms with Gasteiger partial charge in [0.1, 0.15) is 16.5 Å². The fraction of sp³-hybridized carbons (Fsp3) is 0.125. The Morgan fingerprint density at radius 3 is 2.31 bits per heavy atom. The summed E-state index contributed by atoms with van der Waals surface area (Å²) >= 11 is 0. The number of sulfone groups is 1. The van der Waals surface area contributed by atoms with E-state index < -0.39 is 26.8 Å². The molecule has 1 amide bonds. The van der Waals surface area contributed by atoms with Crippen LogP contribution in [0.25, 0.3) is 6.08 Å². The number of rotatable bonds is 4. The highest BCUT2D eigenvalue weighted by molar-refractivity contribution is 7.95. The number of anilines is 1. The van der Waals surface area contributed by atoms with Crippen molar-refractivity contribution in [3.8, 4) is 5.75 Å². The van der Waals surface area contributed by atoms with Crippen molar-refractivity contribution in [2.24, 2.45) is 0 Å². The summed E-state index contributed by atoms with van der Waals surface area (Å²) in [4.78, 5) is 12.2. The largest absolute Gasteiger partial charge is 0.459 e. The summed E-state index contributed by atoms with van der Waals surface area (Å²) < 4.78 is 44.4. The summed E-state index contributed by atoms with van der Waals surface area (Å²) in [5.74, 6) is -0.720. The molecular weight excluding hydrogens is 433 g/mol. The fourth-order valence-electron chi connectivity index (χ4n) is 3.52. The quantitative estimate of drug-likeness (QED) is 0.577. The number of nitrogens with one attached hydrogen (secondary N) is 1. The first-order chi connectivity index (χ1) is 15.1. The van der Waals surface area contributed by atoms with Crippen LogP contribution in [0.4, 0.5) is 10.1 Å². The summed E-state index contributed by atoms with van der Waals surface area (Å²) in [5, 5.41) is 13.1. The molecule has 1 aliphatic rings. The molecule has 0 saturated carbocycles. The van der Waals surface area contributed by atoms with Gasteiger partial charge in [0.25, 0.3) is 5.91 Å². The van der Waals surface area contributed by atoms with Crippen molar-refractivity contribution in [3.05, 3.63) is 93.6 Å². The molecular formula is C24H20FNO5S. The topological polar surface area (TPSA) is 92.7 Å². The number of aryl methyl sites for hydroxylation is 2. The molecule has 0 spiro atoms. The Morgan fingerprint density at radius 1 is 1.00 bits per heavy atom. The molecule has 32 heavy (non-hydrogen) atoms. The monoisotopic (exact) mass is 453 g/mol. The first-order valence-corrected chi connectivity index (χ1v) is 11.2. The van der Waals surface area contributed by atoms with Gasteiger partial charge in [0.2, 0.25) is 16.1 Å². The second-order valence-electron chi connectivity index (χ2n) is 7.56. The lowest BCUT2D eigenvalue weighted by Crippen LogP contribution is -2.27. The van der Waals surface area contributed by atoms with Crippen LogP contribution in [-0.2, 0) is 9.84 Å². The van der Waals surface area contributed by atoms with E-state index in [1.807, 2.05) is 32.0 Å². The van der Waals surface area contributed by atoms with Gasteiger partial charge in [-0.3, -0.25) is 4.79 Å². The minimum absolute atomic E-state index is 0.181. The molecule has 0 fully saturated rings. The average molecular weight is 453 g/mol. The highest BCUT2D eigenvalue weighted by atomic mass is 32.2. The second-order valence-corrected chi connectivity index (χ2v) is 9.51. The Bertz CT molecular complexity index is 1330. The Kier molecular flexibility index (Phi) is 5.58. The molecule has 3 aromatic carbocycles. The summed E-state index contributed by atoms with van der Waals surface area (Å²) in [6.45, 7) is 3.86. The van der Waals surface area contributed by atoms with Crippen LogP contribution in [-0.4, -0.2) is 25.7 Å². The van der Waals surface area contributed by atoms with Gasteiger partial charge >= 0.3 is 0 Å². The molecule has 1 aliphatic heterocycles. The smallest absolute Gasteiger partial charge is 0.255 e. The third kappa shape index (κ3) is 4.28. The zero-order chi connectivity index (χ0) is 23.0. The molecule has 8 heteroatoms. The number of carbonyl (C=O) groups excluding carboxylic acids is 1. The molecule has 6 nitrogen and oxygen atoms in total. The summed E-state index contributed by atoms with van der Waals surface area (Å²) in [6.07, 6.45) is -0.469. The van der Waals surface area contributed by atoms with Crippen molar-refractivity contribution in [1.82, 2.24) is 0 Å². The summed E-state index contributed by atoms with van der Waals surface area (Å²) in [6, 6.07) is 14.4. The lowest BCUT2D eigenvalue weighted by molar-refractivity contribution is 0.0190. The summed E-state index contributed by atoms with van der Waals surface area (Å²) in [7, 11) is -4.14. The maximum Gasteiger partial charge on any atom is 0.255 e. The van der Waals surface area contributed by atoms with Gasteiger partial charge in [0.05, 0.1) is 4.90 Å². The lowest BCUT2D eigenvalue weighted by atomic mass is 10.1. The van der Waals surface area contributed by atoms with E-state index in [0.29, 0.717) is 11.3 Å². The van der Waals surface area contributed by atoms with E-state index in [4.69, 9.17) is 4.74 Å². The van der Waals surface area contributed by atoms with Crippen molar-refractivity contribution < 1.29 is 27.4 Å². The predicted octanol–water partition coefficient (Wildman–Crippen LogP) is 4.22. The van der Waals surface area contributed by atoms with Crippen molar-refractivity contribution >= 4 is 27.5 Å². The lowest BCUT2D eigenvalue weighted by Gasteiger charge is -2.23. The van der Waals surface area contributed by atoms with Crippen LogP contribution in [0.15, 0.2) is 70.5 Å². The Balaban J connectivity index is 1.67. The molecule has 1 atom stereocenters. The number of ether oxygens (including phenoxy) is 1. The third-order valence-corrected chi connectivity index (χ3v) is 6.80. The molecule has 0 aromatic heterocycles. The molecule has 1 unspecified atom stereocenters. The van der Waals surface area contributed by atoms with E-state index in [-0.39, 0.29) is 22.1 Å². The van der Waals surface area contributed by atoms with E-state index in [9.17, 15) is 22.7 Å². The van der Waals surface area contributed by atoms with Crippen molar-refractivity contribution in [1.29, 1.82) is 0 Å². The van der Waals surface area contributed by atoms with Crippen molar-refractivity contribution in [2.75, 3.05) is 5.32 Å². The van der Waals surface area contributed by atoms with Crippen LogP contribution in [0, 0.1) is 19.7 Å². The molecule has 0 bridgehead atoms. The molecule has 2 N–H and O–H groups in total. The number of fused-ring (bicyclic) bond motifs is 1. The predicted molar refractivity (Wildman–Crippen MR) is 119 cm³/mol. The maximum absolute atomic E-state index is 13.2. The SMILES string of the molecule is Cc1cc(C)cc(NC(=O)c2ccc3c(c2)C=C(S(=O)(=O)c2ccc(F)cc2)C(O)O3)c1. The Morgan fingerprint density at radius 2 is 1.66 bits per heavy atom. The van der Waals surface area contributed by atoms with Gasteiger partial charge in [-0.15, -0.1) is 0 Å². The minimum Gasteiger partial charge on any atom is -0.459 e. The molecule has 164 valence electrons. The molecule has 4 rings (SSSR count). The standard InChI is InChI=1S/C24H20FNO5S/c1-14-9-15(2)11-19(10-14)26-23(27)16-3-8-21-17(12-16)13-22(24(28)31-21)32(29,30)20-6-4-18(25)5-7-20/h3-13,24,28H,1-2H3,(H,26,27). The first kappa shape index (κ1) is 21.7. The average Bonchev–Trinajstić information content (AvgIpc) is 2.72. The van der Waals surface area contributed by atoms with Gasteiger partial charge in [-0.2, -0.15) is 0 Å². The van der Waals surface area contributed by atoms with E-state index in [1.165, 1.54) is 24.3 Å². The van der Waals surface area contributed by atoms with E-state index in [2.05, 4.69) is 5.32 Å².